The van der Waals surface area contributed by atoms with Gasteiger partial charge in [-0.3, -0.25) is 4.90 Å². The van der Waals surface area contributed by atoms with Crippen LogP contribution in [0.5, 0.6) is 0 Å². The van der Waals surface area contributed by atoms with Crippen molar-refractivity contribution in [3.8, 4) is 0 Å². The fourth-order valence-corrected chi connectivity index (χ4v) is 1.56. The molecule has 1 rings (SSSR count). The lowest BCUT2D eigenvalue weighted by Crippen LogP contribution is -2.38. The third-order valence-corrected chi connectivity index (χ3v) is 2.78. The monoisotopic (exact) mass is 229 g/mol. The quantitative estimate of drug-likeness (QED) is 0.656. The predicted molar refractivity (Wildman–Crippen MR) is 50.5 cm³/mol. The third kappa shape index (κ3) is 4.51. The molecule has 0 spiro atoms. The molecular weight excluding hydrogens is 215 g/mol. The average Bonchev–Trinajstić information content (AvgIpc) is 2.82. The summed E-state index contributed by atoms with van der Waals surface area (Å²) in [7, 11) is 0. The molecule has 1 fully saturated rings. The number of nitrogens with zero attached hydrogens (tertiary/aromatic N) is 1. The van der Waals surface area contributed by atoms with E-state index in [1.54, 1.807) is 0 Å². The molecule has 1 saturated carbocycles. The molecule has 0 saturated heterocycles. The Hall–Kier alpha value is 0.0400. The number of hydrogen-bond donors (Lipinski definition) is 0. The molecule has 0 aromatic carbocycles. The van der Waals surface area contributed by atoms with E-state index < -0.39 is 12.7 Å². The molecule has 1 aliphatic carbocycles. The zero-order valence-electron chi connectivity index (χ0n) is 8.15. The van der Waals surface area contributed by atoms with Crippen molar-refractivity contribution in [1.82, 2.24) is 4.90 Å². The highest BCUT2D eigenvalue weighted by molar-refractivity contribution is 6.18. The van der Waals surface area contributed by atoms with E-state index in [-0.39, 0.29) is 12.0 Å². The van der Waals surface area contributed by atoms with Gasteiger partial charge in [0, 0.05) is 18.5 Å². The van der Waals surface area contributed by atoms with E-state index in [4.69, 9.17) is 11.6 Å². The number of rotatable bonds is 5. The van der Waals surface area contributed by atoms with Crippen molar-refractivity contribution in [3.63, 3.8) is 0 Å². The first kappa shape index (κ1) is 12.1. The van der Waals surface area contributed by atoms with Gasteiger partial charge in [0.2, 0.25) is 0 Å². The predicted octanol–water partition coefficient (Wildman–Crippen LogP) is 2.89. The Balaban J connectivity index is 2.39. The zero-order chi connectivity index (χ0) is 10.8. The van der Waals surface area contributed by atoms with Crippen molar-refractivity contribution in [2.45, 2.75) is 32.0 Å². The summed E-state index contributed by atoms with van der Waals surface area (Å²) in [6, 6.07) is 0.141. The fourth-order valence-electron chi connectivity index (χ4n) is 1.46. The van der Waals surface area contributed by atoms with Gasteiger partial charge >= 0.3 is 6.18 Å². The summed E-state index contributed by atoms with van der Waals surface area (Å²) < 4.78 is 36.5. The smallest absolute Gasteiger partial charge is 0.292 e. The van der Waals surface area contributed by atoms with E-state index in [2.05, 4.69) is 0 Å². The molecule has 0 aliphatic heterocycles. The maximum Gasteiger partial charge on any atom is 0.401 e. The molecule has 1 unspecified atom stereocenters. The largest absolute Gasteiger partial charge is 0.401 e. The van der Waals surface area contributed by atoms with Crippen molar-refractivity contribution in [2.75, 3.05) is 19.0 Å². The maximum absolute atomic E-state index is 12.2. The van der Waals surface area contributed by atoms with Gasteiger partial charge in [0.15, 0.2) is 0 Å². The van der Waals surface area contributed by atoms with Crippen LogP contribution in [0.15, 0.2) is 0 Å². The molecule has 0 aromatic heterocycles. The van der Waals surface area contributed by atoms with E-state index in [0.717, 1.165) is 12.8 Å². The molecule has 14 heavy (non-hydrogen) atoms. The van der Waals surface area contributed by atoms with Crippen molar-refractivity contribution in [2.24, 2.45) is 5.92 Å². The molecule has 0 heterocycles. The van der Waals surface area contributed by atoms with Crippen molar-refractivity contribution in [1.29, 1.82) is 0 Å². The number of halogens is 4. The Morgan fingerprint density at radius 3 is 2.36 bits per heavy atom. The Kier molecular flexibility index (Phi) is 4.07. The molecule has 1 atom stereocenters. The molecule has 1 aliphatic rings. The topological polar surface area (TPSA) is 3.24 Å². The van der Waals surface area contributed by atoms with Gasteiger partial charge in [-0.2, -0.15) is 13.2 Å². The van der Waals surface area contributed by atoms with E-state index in [1.807, 2.05) is 6.92 Å². The molecule has 0 N–H and O–H groups in total. The average molecular weight is 230 g/mol. The maximum atomic E-state index is 12.2. The second kappa shape index (κ2) is 4.71. The number of alkyl halides is 4. The van der Waals surface area contributed by atoms with Crippen LogP contribution in [0.4, 0.5) is 13.2 Å². The highest BCUT2D eigenvalue weighted by Gasteiger charge is 2.38. The van der Waals surface area contributed by atoms with E-state index in [9.17, 15) is 13.2 Å². The van der Waals surface area contributed by atoms with Crippen LogP contribution < -0.4 is 0 Å². The van der Waals surface area contributed by atoms with Crippen LogP contribution >= 0.6 is 11.6 Å². The minimum absolute atomic E-state index is 0.125. The summed E-state index contributed by atoms with van der Waals surface area (Å²) in [5.41, 5.74) is 0. The first-order valence-electron chi connectivity index (χ1n) is 4.79. The molecule has 84 valence electrons. The molecular formula is C9H15ClF3N. The van der Waals surface area contributed by atoms with Gasteiger partial charge < -0.3 is 0 Å². The molecule has 0 radical (unpaired) electrons. The van der Waals surface area contributed by atoms with Gasteiger partial charge in [-0.15, -0.1) is 11.6 Å². The standard InChI is InChI=1S/C9H15ClF3N/c1-7(4-10)5-14(8-2-3-8)6-9(11,12)13/h7-8H,2-6H2,1H3. The van der Waals surface area contributed by atoms with Gasteiger partial charge in [0.25, 0.3) is 0 Å². The highest BCUT2D eigenvalue weighted by Crippen LogP contribution is 2.30. The second-order valence-electron chi connectivity index (χ2n) is 4.04. The molecule has 0 amide bonds. The van der Waals surface area contributed by atoms with Crippen LogP contribution in [0.2, 0.25) is 0 Å². The summed E-state index contributed by atoms with van der Waals surface area (Å²) in [6.45, 7) is 1.53. The molecule has 1 nitrogen and oxygen atoms in total. The molecule has 0 bridgehead atoms. The van der Waals surface area contributed by atoms with Crippen molar-refractivity contribution in [3.05, 3.63) is 0 Å². The Morgan fingerprint density at radius 1 is 1.43 bits per heavy atom. The minimum Gasteiger partial charge on any atom is -0.292 e. The normalized spacial score (nSPS) is 20.1. The van der Waals surface area contributed by atoms with Gasteiger partial charge in [-0.05, 0) is 18.8 Å². The molecule has 5 heteroatoms. The second-order valence-corrected chi connectivity index (χ2v) is 4.34. The first-order chi connectivity index (χ1) is 6.42. The van der Waals surface area contributed by atoms with Crippen LogP contribution in [-0.4, -0.2) is 36.1 Å². The van der Waals surface area contributed by atoms with Gasteiger partial charge in [0.1, 0.15) is 0 Å². The van der Waals surface area contributed by atoms with Gasteiger partial charge in [-0.25, -0.2) is 0 Å². The van der Waals surface area contributed by atoms with Crippen LogP contribution in [0.1, 0.15) is 19.8 Å². The van der Waals surface area contributed by atoms with Gasteiger partial charge in [0.05, 0.1) is 6.54 Å². The van der Waals surface area contributed by atoms with E-state index in [0.29, 0.717) is 12.4 Å². The van der Waals surface area contributed by atoms with Crippen LogP contribution in [0.25, 0.3) is 0 Å². The summed E-state index contributed by atoms with van der Waals surface area (Å²) in [5.74, 6) is 0.542. The van der Waals surface area contributed by atoms with Crippen molar-refractivity contribution < 1.29 is 13.2 Å². The molecule has 0 aromatic rings. The van der Waals surface area contributed by atoms with Gasteiger partial charge in [-0.1, -0.05) is 6.92 Å². The lowest BCUT2D eigenvalue weighted by atomic mass is 10.2. The summed E-state index contributed by atoms with van der Waals surface area (Å²) >= 11 is 5.58. The third-order valence-electron chi connectivity index (χ3n) is 2.26. The van der Waals surface area contributed by atoms with E-state index >= 15 is 0 Å². The summed E-state index contributed by atoms with van der Waals surface area (Å²) in [4.78, 5) is 1.51. The SMILES string of the molecule is CC(CCl)CN(CC(F)(F)F)C1CC1. The van der Waals surface area contributed by atoms with Crippen molar-refractivity contribution >= 4 is 11.6 Å². The first-order valence-corrected chi connectivity index (χ1v) is 5.32. The lowest BCUT2D eigenvalue weighted by molar-refractivity contribution is -0.148. The highest BCUT2D eigenvalue weighted by atomic mass is 35.5. The lowest BCUT2D eigenvalue weighted by Gasteiger charge is -2.25. The fraction of sp³-hybridized carbons (Fsp3) is 1.00. The Labute approximate surface area is 87.2 Å². The zero-order valence-corrected chi connectivity index (χ0v) is 8.91. The van der Waals surface area contributed by atoms with Crippen LogP contribution in [-0.2, 0) is 0 Å². The minimum atomic E-state index is -4.09. The van der Waals surface area contributed by atoms with Crippen LogP contribution in [0, 0.1) is 5.92 Å². The van der Waals surface area contributed by atoms with E-state index in [1.165, 1.54) is 4.90 Å². The Bertz CT molecular complexity index is 179. The summed E-state index contributed by atoms with van der Waals surface area (Å²) in [6.07, 6.45) is -2.30. The van der Waals surface area contributed by atoms with Crippen LogP contribution in [0.3, 0.4) is 0 Å². The Morgan fingerprint density at radius 2 is 2.00 bits per heavy atom. The number of hydrogen-bond acceptors (Lipinski definition) is 1. The summed E-state index contributed by atoms with van der Waals surface area (Å²) in [5, 5.41) is 0.